The van der Waals surface area contributed by atoms with Crippen LogP contribution in [0.25, 0.3) is 0 Å². The topological polar surface area (TPSA) is 116 Å². The fourth-order valence-corrected chi connectivity index (χ4v) is 6.46. The molecule has 0 spiro atoms. The molecule has 0 saturated carbocycles. The van der Waals surface area contributed by atoms with Gasteiger partial charge in [0, 0.05) is 63.4 Å². The standard InChI is InChI=1S/C32H42N4O6/c1-4-16-35(32(39)42-22-24-10-12-28(13-11-24)36(40)41)27-14-17-33(18-15-27)19-26-20-34(30(23(2)3)31(37)38)21-29(26)25-8-6-5-7-9-25/h4-13,23,26-27,29-30H,1,14-22H2,2-3H3,(H,37,38)/t26-,29+,30+/m0/s1. The summed E-state index contributed by atoms with van der Waals surface area (Å²) in [6, 6.07) is 15.9. The van der Waals surface area contributed by atoms with E-state index in [1.165, 1.54) is 17.7 Å². The molecule has 0 aromatic heterocycles. The average Bonchev–Trinajstić information content (AvgIpc) is 3.38. The van der Waals surface area contributed by atoms with Crippen molar-refractivity contribution in [2.24, 2.45) is 11.8 Å². The summed E-state index contributed by atoms with van der Waals surface area (Å²) < 4.78 is 5.57. The van der Waals surface area contributed by atoms with Crippen LogP contribution in [0.4, 0.5) is 10.5 Å². The highest BCUT2D eigenvalue weighted by atomic mass is 16.6. The summed E-state index contributed by atoms with van der Waals surface area (Å²) in [4.78, 5) is 41.9. The maximum absolute atomic E-state index is 13.0. The highest BCUT2D eigenvalue weighted by Crippen LogP contribution is 2.36. The van der Waals surface area contributed by atoms with Crippen LogP contribution in [0.5, 0.6) is 0 Å². The van der Waals surface area contributed by atoms with Crippen LogP contribution in [0.1, 0.15) is 43.7 Å². The largest absolute Gasteiger partial charge is 0.480 e. The summed E-state index contributed by atoms with van der Waals surface area (Å²) in [5.41, 5.74) is 1.93. The third-order valence-corrected chi connectivity index (χ3v) is 8.54. The second kappa shape index (κ2) is 14.4. The first-order chi connectivity index (χ1) is 20.2. The molecule has 0 aliphatic carbocycles. The number of ether oxygens (including phenoxy) is 1. The molecule has 4 rings (SSSR count). The number of hydrogen-bond acceptors (Lipinski definition) is 7. The molecule has 2 aromatic carbocycles. The van der Waals surface area contributed by atoms with Gasteiger partial charge >= 0.3 is 12.1 Å². The predicted molar refractivity (Wildman–Crippen MR) is 160 cm³/mol. The molecule has 2 fully saturated rings. The van der Waals surface area contributed by atoms with Gasteiger partial charge in [0.2, 0.25) is 0 Å². The lowest BCUT2D eigenvalue weighted by Gasteiger charge is -2.39. The number of benzene rings is 2. The molecule has 1 amide bonds. The summed E-state index contributed by atoms with van der Waals surface area (Å²) in [5, 5.41) is 20.8. The van der Waals surface area contributed by atoms with Gasteiger partial charge < -0.3 is 19.6 Å². The van der Waals surface area contributed by atoms with E-state index in [0.29, 0.717) is 18.0 Å². The molecular weight excluding hydrogens is 536 g/mol. The first kappa shape index (κ1) is 31.2. The Hall–Kier alpha value is -3.76. The molecule has 0 radical (unpaired) electrons. The molecule has 1 N–H and O–H groups in total. The number of carbonyl (C=O) groups is 2. The number of nitrogens with zero attached hydrogens (tertiary/aromatic N) is 4. The molecule has 2 heterocycles. The number of hydrogen-bond donors (Lipinski definition) is 1. The van der Waals surface area contributed by atoms with Crippen molar-refractivity contribution in [1.82, 2.24) is 14.7 Å². The quantitative estimate of drug-likeness (QED) is 0.212. The lowest BCUT2D eigenvalue weighted by atomic mass is 9.88. The number of likely N-dealkylation sites (tertiary alicyclic amines) is 2. The van der Waals surface area contributed by atoms with Crippen LogP contribution >= 0.6 is 0 Å². The molecular formula is C32H42N4O6. The summed E-state index contributed by atoms with van der Waals surface area (Å²) in [6.07, 6.45) is 2.88. The first-order valence-electron chi connectivity index (χ1n) is 14.7. The van der Waals surface area contributed by atoms with Crippen molar-refractivity contribution in [3.8, 4) is 0 Å². The van der Waals surface area contributed by atoms with Crippen LogP contribution in [0.3, 0.4) is 0 Å². The van der Waals surface area contributed by atoms with E-state index in [4.69, 9.17) is 4.74 Å². The molecule has 226 valence electrons. The third-order valence-electron chi connectivity index (χ3n) is 8.54. The second-order valence-corrected chi connectivity index (χ2v) is 11.7. The first-order valence-corrected chi connectivity index (χ1v) is 14.7. The molecule has 10 nitrogen and oxygen atoms in total. The molecule has 0 bridgehead atoms. The molecule has 2 aliphatic heterocycles. The van der Waals surface area contributed by atoms with Crippen molar-refractivity contribution in [3.63, 3.8) is 0 Å². The minimum atomic E-state index is -0.763. The highest BCUT2D eigenvalue weighted by Gasteiger charge is 2.41. The van der Waals surface area contributed by atoms with Gasteiger partial charge in [0.05, 0.1) is 4.92 Å². The number of piperidine rings is 1. The monoisotopic (exact) mass is 578 g/mol. The van der Waals surface area contributed by atoms with Gasteiger partial charge in [-0.15, -0.1) is 6.58 Å². The van der Waals surface area contributed by atoms with Gasteiger partial charge in [-0.3, -0.25) is 19.8 Å². The zero-order chi connectivity index (χ0) is 30.2. The summed E-state index contributed by atoms with van der Waals surface area (Å²) in [7, 11) is 0. The number of aliphatic carboxylic acids is 1. The van der Waals surface area contributed by atoms with Crippen molar-refractivity contribution >= 4 is 17.7 Å². The van der Waals surface area contributed by atoms with Gasteiger partial charge in [0.1, 0.15) is 12.6 Å². The van der Waals surface area contributed by atoms with Gasteiger partial charge in [-0.2, -0.15) is 0 Å². The van der Waals surface area contributed by atoms with Crippen LogP contribution in [0.2, 0.25) is 0 Å². The fourth-order valence-electron chi connectivity index (χ4n) is 6.46. The van der Waals surface area contributed by atoms with Crippen molar-refractivity contribution in [2.75, 3.05) is 39.3 Å². The lowest BCUT2D eigenvalue weighted by molar-refractivity contribution is -0.384. The average molecular weight is 579 g/mol. The number of amides is 1. The Kier molecular flexibility index (Phi) is 10.7. The highest BCUT2D eigenvalue weighted by molar-refractivity contribution is 5.74. The zero-order valence-electron chi connectivity index (χ0n) is 24.5. The van der Waals surface area contributed by atoms with E-state index in [1.54, 1.807) is 23.1 Å². The molecule has 0 unspecified atom stereocenters. The maximum atomic E-state index is 13.0. The van der Waals surface area contributed by atoms with E-state index in [2.05, 4.69) is 28.5 Å². The second-order valence-electron chi connectivity index (χ2n) is 11.7. The number of rotatable bonds is 12. The number of non-ortho nitro benzene ring substituents is 1. The normalized spacial score (nSPS) is 20.7. The van der Waals surface area contributed by atoms with Crippen molar-refractivity contribution in [2.45, 2.75) is 51.3 Å². The lowest BCUT2D eigenvalue weighted by Crippen LogP contribution is -2.49. The number of nitro groups is 1. The Morgan fingerprint density at radius 2 is 1.79 bits per heavy atom. The smallest absolute Gasteiger partial charge is 0.410 e. The van der Waals surface area contributed by atoms with Crippen LogP contribution in [-0.4, -0.2) is 88.1 Å². The van der Waals surface area contributed by atoms with Gasteiger partial charge in [-0.05, 0) is 47.9 Å². The predicted octanol–water partition coefficient (Wildman–Crippen LogP) is 5.01. The number of carboxylic acid groups (broad SMARTS) is 1. The van der Waals surface area contributed by atoms with E-state index in [1.807, 2.05) is 32.0 Å². The summed E-state index contributed by atoms with van der Waals surface area (Å²) in [6.45, 7) is 12.2. The SMILES string of the molecule is C=CCN(C(=O)OCc1ccc([N+](=O)[O-])cc1)C1CCN(C[C@H]2CN([C@@H](C(=O)O)C(C)C)C[C@@H]2c2ccccc2)CC1. The number of carbonyl (C=O) groups excluding carboxylic acids is 1. The molecule has 10 heteroatoms. The van der Waals surface area contributed by atoms with E-state index in [-0.39, 0.29) is 30.2 Å². The Labute approximate surface area is 247 Å². The number of nitro benzene ring substituents is 1. The van der Waals surface area contributed by atoms with Gasteiger partial charge in [-0.25, -0.2) is 4.79 Å². The van der Waals surface area contributed by atoms with E-state index >= 15 is 0 Å². The van der Waals surface area contributed by atoms with Crippen molar-refractivity contribution < 1.29 is 24.4 Å². The number of carboxylic acids is 1. The maximum Gasteiger partial charge on any atom is 0.410 e. The minimum Gasteiger partial charge on any atom is -0.480 e. The fraction of sp³-hybridized carbons (Fsp3) is 0.500. The molecule has 2 aliphatic rings. The summed E-state index contributed by atoms with van der Waals surface area (Å²) in [5.74, 6) is -0.179. The van der Waals surface area contributed by atoms with Crippen LogP contribution in [0.15, 0.2) is 67.3 Å². The van der Waals surface area contributed by atoms with E-state index in [0.717, 1.165) is 45.6 Å². The van der Waals surface area contributed by atoms with Gasteiger partial charge in [0.25, 0.3) is 5.69 Å². The molecule has 3 atom stereocenters. The van der Waals surface area contributed by atoms with Gasteiger partial charge in [-0.1, -0.05) is 50.3 Å². The van der Waals surface area contributed by atoms with E-state index < -0.39 is 23.0 Å². The van der Waals surface area contributed by atoms with E-state index in [9.17, 15) is 24.8 Å². The van der Waals surface area contributed by atoms with Crippen molar-refractivity contribution in [1.29, 1.82) is 0 Å². The Bertz CT molecular complexity index is 1210. The molecule has 2 saturated heterocycles. The van der Waals surface area contributed by atoms with Crippen LogP contribution in [0, 0.1) is 22.0 Å². The van der Waals surface area contributed by atoms with Crippen LogP contribution in [-0.2, 0) is 16.1 Å². The molecule has 2 aromatic rings. The third kappa shape index (κ3) is 7.74. The minimum absolute atomic E-state index is 0.00727. The molecule has 42 heavy (non-hydrogen) atoms. The summed E-state index contributed by atoms with van der Waals surface area (Å²) >= 11 is 0. The zero-order valence-corrected chi connectivity index (χ0v) is 24.5. The Morgan fingerprint density at radius 1 is 1.12 bits per heavy atom. The van der Waals surface area contributed by atoms with Gasteiger partial charge in [0.15, 0.2) is 0 Å². The van der Waals surface area contributed by atoms with Crippen LogP contribution < -0.4 is 0 Å². The Morgan fingerprint density at radius 3 is 2.36 bits per heavy atom. The van der Waals surface area contributed by atoms with Crippen molar-refractivity contribution in [3.05, 3.63) is 88.5 Å². The Balaban J connectivity index is 1.35.